The fourth-order valence-electron chi connectivity index (χ4n) is 1.06. The van der Waals surface area contributed by atoms with Crippen molar-refractivity contribution in [2.24, 2.45) is 0 Å². The summed E-state index contributed by atoms with van der Waals surface area (Å²) in [6.45, 7) is 2.11. The van der Waals surface area contributed by atoms with E-state index < -0.39 is 0 Å². The predicted octanol–water partition coefficient (Wildman–Crippen LogP) is 1.91. The molecule has 0 N–H and O–H groups in total. The van der Waals surface area contributed by atoms with Gasteiger partial charge in [0.05, 0.1) is 0 Å². The van der Waals surface area contributed by atoms with E-state index in [1.807, 2.05) is 0 Å². The molecule has 58 valence electrons. The SMILES string of the molecule is CC[C@@H](I)[C@@H]1CCC(=O)O1. The van der Waals surface area contributed by atoms with Crippen molar-refractivity contribution < 1.29 is 9.53 Å². The van der Waals surface area contributed by atoms with Crippen LogP contribution < -0.4 is 0 Å². The van der Waals surface area contributed by atoms with Gasteiger partial charge < -0.3 is 4.74 Å². The molecule has 0 aromatic heterocycles. The van der Waals surface area contributed by atoms with Crippen LogP contribution in [0.15, 0.2) is 0 Å². The van der Waals surface area contributed by atoms with Crippen LogP contribution in [-0.2, 0) is 9.53 Å². The molecule has 0 aromatic carbocycles. The average Bonchev–Trinajstić information content (AvgIpc) is 2.34. The third-order valence-electron chi connectivity index (χ3n) is 1.71. The summed E-state index contributed by atoms with van der Waals surface area (Å²) in [5.41, 5.74) is 0. The molecule has 10 heavy (non-hydrogen) atoms. The van der Waals surface area contributed by atoms with Crippen molar-refractivity contribution in [3.8, 4) is 0 Å². The molecule has 0 saturated carbocycles. The van der Waals surface area contributed by atoms with E-state index in [9.17, 15) is 4.79 Å². The number of halogens is 1. The summed E-state index contributed by atoms with van der Waals surface area (Å²) >= 11 is 2.34. The highest BCUT2D eigenvalue weighted by Crippen LogP contribution is 2.23. The summed E-state index contributed by atoms with van der Waals surface area (Å²) in [4.78, 5) is 10.6. The zero-order valence-electron chi connectivity index (χ0n) is 5.97. The Kier molecular flexibility index (Phi) is 2.95. The number of carbonyl (C=O) groups excluding carboxylic acids is 1. The van der Waals surface area contributed by atoms with Crippen LogP contribution in [0, 0.1) is 0 Å². The van der Waals surface area contributed by atoms with Crippen LogP contribution in [0.25, 0.3) is 0 Å². The van der Waals surface area contributed by atoms with Gasteiger partial charge in [-0.15, -0.1) is 0 Å². The first kappa shape index (κ1) is 8.30. The molecular formula is C7H11IO2. The quantitative estimate of drug-likeness (QED) is 0.427. The molecule has 0 radical (unpaired) electrons. The first-order chi connectivity index (χ1) is 4.74. The number of hydrogen-bond donors (Lipinski definition) is 0. The van der Waals surface area contributed by atoms with Crippen molar-refractivity contribution in [1.29, 1.82) is 0 Å². The molecule has 1 fully saturated rings. The second kappa shape index (κ2) is 3.55. The van der Waals surface area contributed by atoms with E-state index in [1.165, 1.54) is 0 Å². The van der Waals surface area contributed by atoms with Crippen LogP contribution >= 0.6 is 22.6 Å². The Morgan fingerprint density at radius 1 is 1.90 bits per heavy atom. The lowest BCUT2D eigenvalue weighted by molar-refractivity contribution is -0.141. The van der Waals surface area contributed by atoms with Gasteiger partial charge in [0.1, 0.15) is 6.10 Å². The predicted molar refractivity (Wildman–Crippen MR) is 47.2 cm³/mol. The van der Waals surface area contributed by atoms with Gasteiger partial charge in [-0.1, -0.05) is 29.5 Å². The molecule has 0 spiro atoms. The fourth-order valence-corrected chi connectivity index (χ4v) is 1.57. The molecule has 0 unspecified atom stereocenters. The molecule has 0 bridgehead atoms. The Morgan fingerprint density at radius 3 is 3.00 bits per heavy atom. The van der Waals surface area contributed by atoms with Gasteiger partial charge in [0.25, 0.3) is 0 Å². The van der Waals surface area contributed by atoms with Crippen molar-refractivity contribution in [3.05, 3.63) is 0 Å². The summed E-state index contributed by atoms with van der Waals surface area (Å²) in [7, 11) is 0. The van der Waals surface area contributed by atoms with Gasteiger partial charge in [-0.3, -0.25) is 4.79 Å². The molecule has 3 heteroatoms. The van der Waals surface area contributed by atoms with E-state index in [4.69, 9.17) is 4.74 Å². The second-order valence-electron chi connectivity index (χ2n) is 2.49. The number of esters is 1. The van der Waals surface area contributed by atoms with E-state index in [1.54, 1.807) is 0 Å². The largest absolute Gasteiger partial charge is 0.461 e. The Balaban J connectivity index is 2.36. The van der Waals surface area contributed by atoms with Crippen LogP contribution in [0.4, 0.5) is 0 Å². The highest BCUT2D eigenvalue weighted by atomic mass is 127. The van der Waals surface area contributed by atoms with E-state index in [0.29, 0.717) is 10.3 Å². The number of ether oxygens (including phenoxy) is 1. The van der Waals surface area contributed by atoms with Crippen LogP contribution in [0.1, 0.15) is 26.2 Å². The molecule has 1 aliphatic rings. The molecule has 0 amide bonds. The van der Waals surface area contributed by atoms with E-state index >= 15 is 0 Å². The number of carbonyl (C=O) groups is 1. The van der Waals surface area contributed by atoms with Gasteiger partial charge in [0, 0.05) is 10.3 Å². The Morgan fingerprint density at radius 2 is 2.60 bits per heavy atom. The summed E-state index contributed by atoms with van der Waals surface area (Å²) in [6, 6.07) is 0. The number of rotatable bonds is 2. The van der Waals surface area contributed by atoms with Crippen LogP contribution in [0.2, 0.25) is 0 Å². The maximum Gasteiger partial charge on any atom is 0.306 e. The van der Waals surface area contributed by atoms with E-state index in [2.05, 4.69) is 29.5 Å². The van der Waals surface area contributed by atoms with Crippen LogP contribution in [-0.4, -0.2) is 16.0 Å². The van der Waals surface area contributed by atoms with Crippen molar-refractivity contribution in [2.45, 2.75) is 36.2 Å². The van der Waals surface area contributed by atoms with Crippen molar-refractivity contribution in [2.75, 3.05) is 0 Å². The van der Waals surface area contributed by atoms with Crippen molar-refractivity contribution in [1.82, 2.24) is 0 Å². The van der Waals surface area contributed by atoms with Gasteiger partial charge in [-0.05, 0) is 12.8 Å². The maximum atomic E-state index is 10.6. The van der Waals surface area contributed by atoms with Gasteiger partial charge >= 0.3 is 5.97 Å². The summed E-state index contributed by atoms with van der Waals surface area (Å²) in [5.74, 6) is -0.0277. The molecule has 2 nitrogen and oxygen atoms in total. The molecule has 1 aliphatic heterocycles. The first-order valence-corrected chi connectivity index (χ1v) is 4.82. The van der Waals surface area contributed by atoms with Gasteiger partial charge in [0.15, 0.2) is 0 Å². The number of hydrogen-bond acceptors (Lipinski definition) is 2. The lowest BCUT2D eigenvalue weighted by atomic mass is 10.1. The van der Waals surface area contributed by atoms with Gasteiger partial charge in [-0.2, -0.15) is 0 Å². The third-order valence-corrected chi connectivity index (χ3v) is 3.39. The molecule has 0 aliphatic carbocycles. The Bertz CT molecular complexity index is 136. The summed E-state index contributed by atoms with van der Waals surface area (Å²) in [6.07, 6.45) is 2.81. The Hall–Kier alpha value is 0.200. The zero-order chi connectivity index (χ0) is 7.56. The zero-order valence-corrected chi connectivity index (χ0v) is 8.13. The minimum Gasteiger partial charge on any atom is -0.461 e. The van der Waals surface area contributed by atoms with Crippen molar-refractivity contribution in [3.63, 3.8) is 0 Å². The summed E-state index contributed by atoms with van der Waals surface area (Å²) in [5, 5.41) is 0. The molecule has 1 saturated heterocycles. The van der Waals surface area contributed by atoms with Gasteiger partial charge in [-0.25, -0.2) is 0 Å². The van der Waals surface area contributed by atoms with E-state index in [0.717, 1.165) is 12.8 Å². The molecule has 0 aromatic rings. The second-order valence-corrected chi connectivity index (χ2v) is 4.09. The van der Waals surface area contributed by atoms with Crippen molar-refractivity contribution >= 4 is 28.6 Å². The normalized spacial score (nSPS) is 28.2. The average molecular weight is 254 g/mol. The maximum absolute atomic E-state index is 10.6. The standard InChI is InChI=1S/C7H11IO2/c1-2-5(8)6-3-4-7(9)10-6/h5-6H,2-4H2,1H3/t5-,6+/m1/s1. The lowest BCUT2D eigenvalue weighted by Gasteiger charge is -2.13. The highest BCUT2D eigenvalue weighted by Gasteiger charge is 2.27. The minimum absolute atomic E-state index is 0.0277. The fraction of sp³-hybridized carbons (Fsp3) is 0.857. The Labute approximate surface area is 74.5 Å². The number of alkyl halides is 1. The number of cyclic esters (lactones) is 1. The topological polar surface area (TPSA) is 26.3 Å². The van der Waals surface area contributed by atoms with Crippen LogP contribution in [0.3, 0.4) is 0 Å². The lowest BCUT2D eigenvalue weighted by Crippen LogP contribution is -2.18. The molecule has 2 atom stereocenters. The van der Waals surface area contributed by atoms with Crippen LogP contribution in [0.5, 0.6) is 0 Å². The monoisotopic (exact) mass is 254 g/mol. The minimum atomic E-state index is -0.0277. The smallest absolute Gasteiger partial charge is 0.306 e. The van der Waals surface area contributed by atoms with E-state index in [-0.39, 0.29) is 12.1 Å². The third kappa shape index (κ3) is 1.84. The molecule has 1 heterocycles. The molecule has 1 rings (SSSR count). The molecular weight excluding hydrogens is 243 g/mol. The summed E-state index contributed by atoms with van der Waals surface area (Å²) < 4.78 is 5.57. The highest BCUT2D eigenvalue weighted by molar-refractivity contribution is 14.1. The van der Waals surface area contributed by atoms with Gasteiger partial charge in [0.2, 0.25) is 0 Å². The first-order valence-electron chi connectivity index (χ1n) is 3.57.